The fourth-order valence-electron chi connectivity index (χ4n) is 4.55. The molecule has 0 bridgehead atoms. The third-order valence-electron chi connectivity index (χ3n) is 6.34. The van der Waals surface area contributed by atoms with Crippen LogP contribution in [0.1, 0.15) is 37.3 Å². The van der Waals surface area contributed by atoms with Crippen LogP contribution in [0.4, 0.5) is 23.2 Å². The van der Waals surface area contributed by atoms with Gasteiger partial charge in [-0.25, -0.2) is 23.8 Å². The molecule has 2 atom stereocenters. The van der Waals surface area contributed by atoms with E-state index in [9.17, 15) is 18.0 Å². The number of pyridine rings is 2. The van der Waals surface area contributed by atoms with Crippen LogP contribution >= 0.6 is 15.9 Å². The van der Waals surface area contributed by atoms with Crippen molar-refractivity contribution in [1.82, 2.24) is 29.3 Å². The molecule has 0 saturated carbocycles. The van der Waals surface area contributed by atoms with Gasteiger partial charge in [-0.3, -0.25) is 9.55 Å². The summed E-state index contributed by atoms with van der Waals surface area (Å²) >= 11 is 3.22. The summed E-state index contributed by atoms with van der Waals surface area (Å²) in [6.07, 6.45) is -2.69. The minimum absolute atomic E-state index is 0.0164. The second kappa shape index (κ2) is 9.99. The fraction of sp³-hybridized carbons (Fsp3) is 0.231. The molecule has 0 amide bonds. The molecule has 0 aliphatic carbocycles. The highest BCUT2D eigenvalue weighted by molar-refractivity contribution is 9.10. The number of hydrogen-bond donors (Lipinski definition) is 2. The van der Waals surface area contributed by atoms with Crippen LogP contribution in [0, 0.1) is 5.82 Å². The summed E-state index contributed by atoms with van der Waals surface area (Å²) in [6.45, 7) is 3.64. The van der Waals surface area contributed by atoms with Gasteiger partial charge in [0.25, 0.3) is 0 Å². The van der Waals surface area contributed by atoms with Crippen molar-refractivity contribution in [3.8, 4) is 17.3 Å². The van der Waals surface area contributed by atoms with Crippen molar-refractivity contribution >= 4 is 32.8 Å². The number of hydrogen-bond acceptors (Lipinski definition) is 7. The summed E-state index contributed by atoms with van der Waals surface area (Å²) < 4.78 is 71.2. The van der Waals surface area contributed by atoms with Gasteiger partial charge in [-0.05, 0) is 38.1 Å². The Kier molecular flexibility index (Phi) is 6.57. The highest BCUT2D eigenvalue weighted by Crippen LogP contribution is 2.45. The van der Waals surface area contributed by atoms with Gasteiger partial charge in [0.1, 0.15) is 11.6 Å². The Balaban J connectivity index is 1.22. The van der Waals surface area contributed by atoms with Crippen molar-refractivity contribution in [1.29, 1.82) is 0 Å². The SMILES string of the molecule is CC(C)n1c(=O)[nH]c2nccc(Oc3ccc(NC4OC4c4cnn(-c5cc(Br)ccn5)c4C(F)(F)F)cc3F)c21. The third kappa shape index (κ3) is 5.06. The average molecular weight is 634 g/mol. The zero-order valence-electron chi connectivity index (χ0n) is 21.3. The van der Waals surface area contributed by atoms with E-state index in [0.29, 0.717) is 20.3 Å². The van der Waals surface area contributed by atoms with E-state index in [4.69, 9.17) is 9.47 Å². The van der Waals surface area contributed by atoms with Gasteiger partial charge in [0.2, 0.25) is 0 Å². The Hall–Kier alpha value is -4.24. The summed E-state index contributed by atoms with van der Waals surface area (Å²) in [5.41, 5.74) is -0.610. The number of nitrogens with zero attached hydrogens (tertiary/aromatic N) is 5. The number of epoxide rings is 1. The monoisotopic (exact) mass is 633 g/mol. The van der Waals surface area contributed by atoms with E-state index in [1.807, 2.05) is 13.8 Å². The normalized spacial score (nSPS) is 16.9. The van der Waals surface area contributed by atoms with Gasteiger partial charge < -0.3 is 14.8 Å². The molecule has 0 radical (unpaired) electrons. The highest BCUT2D eigenvalue weighted by atomic mass is 79.9. The lowest BCUT2D eigenvalue weighted by Gasteiger charge is -2.13. The number of rotatable bonds is 7. The number of anilines is 1. The van der Waals surface area contributed by atoms with E-state index in [2.05, 4.69) is 41.3 Å². The number of alkyl halides is 3. The van der Waals surface area contributed by atoms with Crippen molar-refractivity contribution < 1.29 is 27.0 Å². The van der Waals surface area contributed by atoms with Crippen molar-refractivity contribution in [2.45, 2.75) is 38.4 Å². The van der Waals surface area contributed by atoms with E-state index in [0.717, 1.165) is 12.3 Å². The standard InChI is InChI=1S/C26H20BrF4N7O3/c1-12(2)37-20-18(6-8-33-23(20)36-25(37)39)40-17-4-3-14(10-16(17)28)35-24-21(41-24)15-11-34-38(22(15)26(29,30)31)19-9-13(27)5-7-32-19/h3-12,21,24,35H,1-2H3,(H,33,36,39). The van der Waals surface area contributed by atoms with Crippen LogP contribution in [-0.2, 0) is 10.9 Å². The highest BCUT2D eigenvalue weighted by Gasteiger charge is 2.49. The Morgan fingerprint density at radius 2 is 1.90 bits per heavy atom. The summed E-state index contributed by atoms with van der Waals surface area (Å²) in [7, 11) is 0. The minimum atomic E-state index is -4.74. The quantitative estimate of drug-likeness (QED) is 0.164. The number of ether oxygens (including phenoxy) is 2. The lowest BCUT2D eigenvalue weighted by atomic mass is 10.1. The topological polar surface area (TPSA) is 115 Å². The molecule has 4 aromatic heterocycles. The van der Waals surface area contributed by atoms with E-state index in [1.165, 1.54) is 41.2 Å². The van der Waals surface area contributed by atoms with Crippen LogP contribution < -0.4 is 15.7 Å². The molecule has 15 heteroatoms. The van der Waals surface area contributed by atoms with Crippen molar-refractivity contribution in [2.75, 3.05) is 5.32 Å². The van der Waals surface area contributed by atoms with Crippen LogP contribution in [0.15, 0.2) is 64.3 Å². The largest absolute Gasteiger partial charge is 0.452 e. The second-order valence-corrected chi connectivity index (χ2v) is 10.4. The molecule has 212 valence electrons. The summed E-state index contributed by atoms with van der Waals surface area (Å²) in [5.74, 6) is -0.653. The molecule has 10 nitrogen and oxygen atoms in total. The van der Waals surface area contributed by atoms with Gasteiger partial charge in [0.05, 0.1) is 6.20 Å². The Morgan fingerprint density at radius 3 is 2.61 bits per heavy atom. The molecule has 1 saturated heterocycles. The summed E-state index contributed by atoms with van der Waals surface area (Å²) in [4.78, 5) is 23.1. The first-order chi connectivity index (χ1) is 19.5. The first-order valence-corrected chi connectivity index (χ1v) is 13.1. The van der Waals surface area contributed by atoms with Gasteiger partial charge in [-0.15, -0.1) is 0 Å². The lowest BCUT2D eigenvalue weighted by molar-refractivity contribution is -0.143. The maximum absolute atomic E-state index is 15.1. The lowest BCUT2D eigenvalue weighted by Crippen LogP contribution is -2.18. The van der Waals surface area contributed by atoms with Crippen LogP contribution in [-0.4, -0.2) is 35.5 Å². The van der Waals surface area contributed by atoms with Gasteiger partial charge >= 0.3 is 11.9 Å². The minimum Gasteiger partial charge on any atom is -0.452 e. The fourth-order valence-corrected chi connectivity index (χ4v) is 4.87. The van der Waals surface area contributed by atoms with E-state index in [-0.39, 0.29) is 40.3 Å². The van der Waals surface area contributed by atoms with Crippen LogP contribution in [0.5, 0.6) is 11.5 Å². The zero-order chi connectivity index (χ0) is 29.1. The predicted molar refractivity (Wildman–Crippen MR) is 143 cm³/mol. The number of halogens is 5. The molecule has 2 N–H and O–H groups in total. The number of aromatic nitrogens is 6. The van der Waals surface area contributed by atoms with Crippen LogP contribution in [0.2, 0.25) is 0 Å². The van der Waals surface area contributed by atoms with Gasteiger partial charge in [-0.1, -0.05) is 15.9 Å². The summed E-state index contributed by atoms with van der Waals surface area (Å²) in [5, 5.41) is 6.79. The van der Waals surface area contributed by atoms with Crippen LogP contribution in [0.25, 0.3) is 17.0 Å². The molecule has 1 aliphatic heterocycles. The number of benzene rings is 1. The number of aromatic amines is 1. The van der Waals surface area contributed by atoms with Gasteiger partial charge in [0.15, 0.2) is 40.7 Å². The zero-order valence-corrected chi connectivity index (χ0v) is 22.9. The van der Waals surface area contributed by atoms with E-state index >= 15 is 4.39 Å². The molecule has 2 unspecified atom stereocenters. The predicted octanol–water partition coefficient (Wildman–Crippen LogP) is 6.11. The molecule has 0 spiro atoms. The summed E-state index contributed by atoms with van der Waals surface area (Å²) in [6, 6.07) is 8.32. The first kappa shape index (κ1) is 27.0. The number of nitrogens with one attached hydrogen (secondary N) is 2. The molecule has 5 aromatic rings. The Bertz CT molecular complexity index is 1830. The maximum Gasteiger partial charge on any atom is 0.433 e. The first-order valence-electron chi connectivity index (χ1n) is 12.3. The van der Waals surface area contributed by atoms with Gasteiger partial charge in [0, 0.05) is 46.3 Å². The van der Waals surface area contributed by atoms with Gasteiger partial charge in [-0.2, -0.15) is 18.3 Å². The molecular weight excluding hydrogens is 614 g/mol. The smallest absolute Gasteiger partial charge is 0.433 e. The molecule has 1 aliphatic rings. The third-order valence-corrected chi connectivity index (χ3v) is 6.83. The number of imidazole rings is 1. The molecule has 1 aromatic carbocycles. The molecule has 41 heavy (non-hydrogen) atoms. The Labute approximate surface area is 237 Å². The molecular formula is C26H20BrF4N7O3. The maximum atomic E-state index is 15.1. The van der Waals surface area contributed by atoms with Crippen LogP contribution in [0.3, 0.4) is 0 Å². The molecule has 6 rings (SSSR count). The van der Waals surface area contributed by atoms with Crippen molar-refractivity contribution in [3.63, 3.8) is 0 Å². The van der Waals surface area contributed by atoms with E-state index < -0.39 is 30.0 Å². The van der Waals surface area contributed by atoms with Crippen molar-refractivity contribution in [3.05, 3.63) is 87.0 Å². The average Bonchev–Trinajstić information content (AvgIpc) is 3.34. The Morgan fingerprint density at radius 1 is 1.12 bits per heavy atom. The second-order valence-electron chi connectivity index (χ2n) is 9.46. The van der Waals surface area contributed by atoms with Crippen molar-refractivity contribution in [2.24, 2.45) is 0 Å². The molecule has 5 heterocycles. The molecule has 1 fully saturated rings. The number of fused-ring (bicyclic) bond motifs is 1. The number of H-pyrrole nitrogens is 1. The van der Waals surface area contributed by atoms with E-state index in [1.54, 1.807) is 6.07 Å².